The molecule has 0 saturated heterocycles. The Bertz CT molecular complexity index is 769. The summed E-state index contributed by atoms with van der Waals surface area (Å²) in [5, 5.41) is 0. The molecule has 4 heteroatoms. The van der Waals surface area contributed by atoms with E-state index in [0.717, 1.165) is 35.0 Å². The molecule has 4 rings (SSSR count). The van der Waals surface area contributed by atoms with Gasteiger partial charge in [0.1, 0.15) is 5.75 Å². The molecule has 118 valence electrons. The van der Waals surface area contributed by atoms with Gasteiger partial charge >= 0.3 is 0 Å². The monoisotopic (exact) mass is 326 g/mol. The first-order valence-electron chi connectivity index (χ1n) is 7.92. The third-order valence-electron chi connectivity index (χ3n) is 4.42. The quantitative estimate of drug-likeness (QED) is 0.788. The molecule has 0 N–H and O–H groups in total. The van der Waals surface area contributed by atoms with E-state index in [2.05, 4.69) is 24.3 Å². The van der Waals surface area contributed by atoms with Crippen molar-refractivity contribution in [3.63, 3.8) is 0 Å². The van der Waals surface area contributed by atoms with Crippen molar-refractivity contribution in [3.05, 3.63) is 53.1 Å². The van der Waals surface area contributed by atoms with Crippen molar-refractivity contribution < 1.29 is 14.2 Å². The van der Waals surface area contributed by atoms with Crippen LogP contribution in [0.1, 0.15) is 36.0 Å². The Labute approximate surface area is 141 Å². The molecule has 0 radical (unpaired) electrons. The Morgan fingerprint density at radius 3 is 2.74 bits per heavy atom. The summed E-state index contributed by atoms with van der Waals surface area (Å²) in [5.74, 6) is 2.80. The second kappa shape index (κ2) is 5.85. The Hall–Kier alpha value is -2.07. The Morgan fingerprint density at radius 1 is 1.13 bits per heavy atom. The molecule has 0 saturated carbocycles. The van der Waals surface area contributed by atoms with Gasteiger partial charge < -0.3 is 14.2 Å². The van der Waals surface area contributed by atoms with Gasteiger partial charge in [-0.2, -0.15) is 0 Å². The van der Waals surface area contributed by atoms with Crippen LogP contribution in [-0.4, -0.2) is 18.3 Å². The third-order valence-corrected chi connectivity index (χ3v) is 4.73. The fraction of sp³-hybridized carbons (Fsp3) is 0.316. The third kappa shape index (κ3) is 2.57. The van der Waals surface area contributed by atoms with Crippen molar-refractivity contribution >= 4 is 17.1 Å². The number of thiocarbonyl (C=S) groups is 1. The zero-order chi connectivity index (χ0) is 15.8. The highest BCUT2D eigenvalue weighted by Crippen LogP contribution is 2.44. The predicted octanol–water partition coefficient (Wildman–Crippen LogP) is 4.26. The SMILES string of the molecule is CCOc1ccccc1C1CC(=S)Cc2cc3c(cc21)OCO3. The number of benzene rings is 2. The zero-order valence-corrected chi connectivity index (χ0v) is 13.8. The molecule has 2 aliphatic rings. The Balaban J connectivity index is 1.83. The molecule has 1 unspecified atom stereocenters. The van der Waals surface area contributed by atoms with Gasteiger partial charge in [-0.05, 0) is 47.5 Å². The van der Waals surface area contributed by atoms with Crippen LogP contribution in [0.25, 0.3) is 0 Å². The van der Waals surface area contributed by atoms with Crippen molar-refractivity contribution in [2.24, 2.45) is 0 Å². The number of para-hydroxylation sites is 1. The van der Waals surface area contributed by atoms with E-state index in [1.807, 2.05) is 19.1 Å². The number of rotatable bonds is 3. The molecule has 1 heterocycles. The first kappa shape index (κ1) is 14.5. The highest BCUT2D eigenvalue weighted by atomic mass is 32.1. The average molecular weight is 326 g/mol. The van der Waals surface area contributed by atoms with Crippen LogP contribution in [0.4, 0.5) is 0 Å². The molecule has 2 aromatic rings. The minimum Gasteiger partial charge on any atom is -0.494 e. The van der Waals surface area contributed by atoms with Crippen LogP contribution < -0.4 is 14.2 Å². The Kier molecular flexibility index (Phi) is 3.69. The number of hydrogen-bond acceptors (Lipinski definition) is 4. The highest BCUT2D eigenvalue weighted by molar-refractivity contribution is 7.80. The summed E-state index contributed by atoms with van der Waals surface area (Å²) in [7, 11) is 0. The van der Waals surface area contributed by atoms with Gasteiger partial charge in [-0.1, -0.05) is 30.4 Å². The summed E-state index contributed by atoms with van der Waals surface area (Å²) in [6.07, 6.45) is 1.70. The lowest BCUT2D eigenvalue weighted by Crippen LogP contribution is -2.18. The van der Waals surface area contributed by atoms with Gasteiger partial charge in [0.15, 0.2) is 11.5 Å². The maximum Gasteiger partial charge on any atom is 0.231 e. The summed E-state index contributed by atoms with van der Waals surface area (Å²) in [6, 6.07) is 12.4. The summed E-state index contributed by atoms with van der Waals surface area (Å²) < 4.78 is 16.9. The van der Waals surface area contributed by atoms with Crippen LogP contribution in [0.5, 0.6) is 17.2 Å². The maximum atomic E-state index is 5.83. The van der Waals surface area contributed by atoms with Crippen LogP contribution in [0.15, 0.2) is 36.4 Å². The molecule has 1 aliphatic heterocycles. The van der Waals surface area contributed by atoms with E-state index < -0.39 is 0 Å². The summed E-state index contributed by atoms with van der Waals surface area (Å²) in [6.45, 7) is 2.96. The molecular formula is C19H18O3S. The van der Waals surface area contributed by atoms with Gasteiger partial charge in [0, 0.05) is 17.9 Å². The van der Waals surface area contributed by atoms with Crippen LogP contribution in [0.3, 0.4) is 0 Å². The van der Waals surface area contributed by atoms with E-state index in [0.29, 0.717) is 13.4 Å². The van der Waals surface area contributed by atoms with Crippen LogP contribution in [-0.2, 0) is 6.42 Å². The van der Waals surface area contributed by atoms with Crippen LogP contribution in [0, 0.1) is 0 Å². The summed E-state index contributed by atoms with van der Waals surface area (Å²) >= 11 is 5.58. The van der Waals surface area contributed by atoms with Crippen molar-refractivity contribution in [2.45, 2.75) is 25.7 Å². The average Bonchev–Trinajstić information content (AvgIpc) is 3.00. The van der Waals surface area contributed by atoms with Crippen LogP contribution >= 0.6 is 12.2 Å². The fourth-order valence-corrected chi connectivity index (χ4v) is 3.75. The molecule has 0 spiro atoms. The van der Waals surface area contributed by atoms with E-state index >= 15 is 0 Å². The smallest absolute Gasteiger partial charge is 0.231 e. The minimum atomic E-state index is 0.212. The summed E-state index contributed by atoms with van der Waals surface area (Å²) in [4.78, 5) is 1.08. The van der Waals surface area contributed by atoms with Crippen LogP contribution in [0.2, 0.25) is 0 Å². The van der Waals surface area contributed by atoms with E-state index in [9.17, 15) is 0 Å². The number of fused-ring (bicyclic) bond motifs is 2. The molecular weight excluding hydrogens is 308 g/mol. The maximum absolute atomic E-state index is 5.83. The van der Waals surface area contributed by atoms with Gasteiger partial charge in [0.05, 0.1) is 6.61 Å². The van der Waals surface area contributed by atoms with Crippen molar-refractivity contribution in [2.75, 3.05) is 13.4 Å². The lowest BCUT2D eigenvalue weighted by molar-refractivity contribution is 0.174. The molecule has 0 fully saturated rings. The molecule has 0 aromatic heterocycles. The molecule has 2 aromatic carbocycles. The first-order chi connectivity index (χ1) is 11.3. The molecule has 23 heavy (non-hydrogen) atoms. The molecule has 0 amide bonds. The lowest BCUT2D eigenvalue weighted by Gasteiger charge is -2.28. The molecule has 1 atom stereocenters. The Morgan fingerprint density at radius 2 is 1.91 bits per heavy atom. The van der Waals surface area contributed by atoms with Crippen molar-refractivity contribution in [3.8, 4) is 17.2 Å². The normalized spacial score (nSPS) is 18.7. The van der Waals surface area contributed by atoms with Gasteiger partial charge in [0.2, 0.25) is 6.79 Å². The van der Waals surface area contributed by atoms with Crippen molar-refractivity contribution in [1.29, 1.82) is 0 Å². The van der Waals surface area contributed by atoms with E-state index in [1.54, 1.807) is 0 Å². The molecule has 1 aliphatic carbocycles. The lowest BCUT2D eigenvalue weighted by atomic mass is 9.78. The van der Waals surface area contributed by atoms with E-state index in [4.69, 9.17) is 26.4 Å². The second-order valence-electron chi connectivity index (χ2n) is 5.85. The number of hydrogen-bond donors (Lipinski definition) is 0. The first-order valence-corrected chi connectivity index (χ1v) is 8.33. The van der Waals surface area contributed by atoms with Gasteiger partial charge in [-0.25, -0.2) is 0 Å². The van der Waals surface area contributed by atoms with Gasteiger partial charge in [-0.15, -0.1) is 0 Å². The highest BCUT2D eigenvalue weighted by Gasteiger charge is 2.29. The van der Waals surface area contributed by atoms with Gasteiger partial charge in [-0.3, -0.25) is 0 Å². The molecule has 3 nitrogen and oxygen atoms in total. The topological polar surface area (TPSA) is 27.7 Å². The van der Waals surface area contributed by atoms with Crippen molar-refractivity contribution in [1.82, 2.24) is 0 Å². The standard InChI is InChI=1S/C19H18O3S/c1-2-20-17-6-4-3-5-14(17)16-9-13(23)7-12-8-18-19(10-15(12)16)22-11-21-18/h3-6,8,10,16H,2,7,9,11H2,1H3. The molecule has 0 bridgehead atoms. The largest absolute Gasteiger partial charge is 0.494 e. The fourth-order valence-electron chi connectivity index (χ4n) is 3.43. The van der Waals surface area contributed by atoms with E-state index in [-0.39, 0.29) is 5.92 Å². The number of ether oxygens (including phenoxy) is 3. The minimum absolute atomic E-state index is 0.212. The zero-order valence-electron chi connectivity index (χ0n) is 13.0. The predicted molar refractivity (Wildman–Crippen MR) is 92.9 cm³/mol. The van der Waals surface area contributed by atoms with E-state index in [1.165, 1.54) is 16.7 Å². The van der Waals surface area contributed by atoms with Gasteiger partial charge in [0.25, 0.3) is 0 Å². The second-order valence-corrected chi connectivity index (χ2v) is 6.42. The summed E-state index contributed by atoms with van der Waals surface area (Å²) in [5.41, 5.74) is 3.70.